The molecule has 1 heterocycles. The third-order valence-corrected chi connectivity index (χ3v) is 5.14. The molecule has 1 aromatic heterocycles. The highest BCUT2D eigenvalue weighted by atomic mass is 127. The van der Waals surface area contributed by atoms with Crippen molar-refractivity contribution in [3.8, 4) is 0 Å². The highest BCUT2D eigenvalue weighted by molar-refractivity contribution is 14.1. The van der Waals surface area contributed by atoms with Crippen molar-refractivity contribution in [3.63, 3.8) is 0 Å². The lowest BCUT2D eigenvalue weighted by molar-refractivity contribution is 0.00406. The van der Waals surface area contributed by atoms with Crippen LogP contribution >= 0.6 is 49.9 Å². The van der Waals surface area contributed by atoms with Gasteiger partial charge in [0.05, 0.1) is 52.9 Å². The number of rotatable bonds is 12. The maximum Gasteiger partial charge on any atom is 0.0742 e. The third-order valence-electron chi connectivity index (χ3n) is 2.42. The largest absolute Gasteiger partial charge is 0.382 e. The molecule has 0 N–H and O–H groups in total. The maximum absolute atomic E-state index is 5.54. The molecule has 0 saturated carbocycles. The molecule has 0 aliphatic heterocycles. The Morgan fingerprint density at radius 2 is 1.55 bits per heavy atom. The van der Waals surface area contributed by atoms with Gasteiger partial charge in [-0.3, -0.25) is 0 Å². The summed E-state index contributed by atoms with van der Waals surface area (Å²) in [5.41, 5.74) is 1.31. The summed E-state index contributed by atoms with van der Waals surface area (Å²) >= 11 is 7.64. The molecule has 4 nitrogen and oxygen atoms in total. The van der Waals surface area contributed by atoms with Crippen LogP contribution in [0.4, 0.5) is 0 Å². The zero-order valence-corrected chi connectivity index (χ0v) is 16.1. The Morgan fingerprint density at radius 3 is 2.05 bits per heavy atom. The quantitative estimate of drug-likeness (QED) is 0.341. The minimum Gasteiger partial charge on any atom is -0.382 e. The lowest BCUT2D eigenvalue weighted by Gasteiger charge is -2.06. The van der Waals surface area contributed by atoms with Crippen LogP contribution in [-0.2, 0) is 25.4 Å². The Kier molecular flexibility index (Phi) is 11.6. The Hall–Kier alpha value is 0.750. The number of hydrogen-bond acceptors (Lipinski definition) is 5. The first-order valence-electron chi connectivity index (χ1n) is 6.40. The average Bonchev–Trinajstić information content (AvgIpc) is 2.74. The molecule has 0 aliphatic rings. The molecule has 0 spiro atoms. The second-order valence-corrected chi connectivity index (χ2v) is 8.19. The summed E-state index contributed by atoms with van der Waals surface area (Å²) in [4.78, 5) is 0. The number of methoxy groups -OCH3 is 1. The molecule has 1 rings (SSSR count). The van der Waals surface area contributed by atoms with E-state index in [-0.39, 0.29) is 0 Å². The smallest absolute Gasteiger partial charge is 0.0742 e. The van der Waals surface area contributed by atoms with Crippen LogP contribution in [0.5, 0.6) is 0 Å². The normalized spacial score (nSPS) is 11.2. The topological polar surface area (TPSA) is 36.9 Å². The van der Waals surface area contributed by atoms with Gasteiger partial charge < -0.3 is 18.9 Å². The third kappa shape index (κ3) is 8.91. The summed E-state index contributed by atoms with van der Waals surface area (Å²) in [5, 5.41) is 0. The van der Waals surface area contributed by atoms with E-state index in [4.69, 9.17) is 18.9 Å². The lowest BCUT2D eigenvalue weighted by Crippen LogP contribution is -2.12. The van der Waals surface area contributed by atoms with Crippen LogP contribution in [-0.4, -0.2) is 53.4 Å². The Labute approximate surface area is 146 Å². The predicted octanol–water partition coefficient (Wildman–Crippen LogP) is 3.35. The second-order valence-electron chi connectivity index (χ2n) is 3.93. The molecule has 0 atom stereocenters. The van der Waals surface area contributed by atoms with E-state index < -0.39 is 0 Å². The fraction of sp³-hybridized carbons (Fsp3) is 0.692. The number of hydrogen-bond donors (Lipinski definition) is 0. The monoisotopic (exact) mass is 478 g/mol. The van der Waals surface area contributed by atoms with Crippen molar-refractivity contribution < 1.29 is 18.9 Å². The number of thiophene rings is 1. The second kappa shape index (κ2) is 12.3. The van der Waals surface area contributed by atoms with Crippen molar-refractivity contribution in [1.82, 2.24) is 0 Å². The molecule has 0 radical (unpaired) electrons. The van der Waals surface area contributed by atoms with E-state index in [0.717, 1.165) is 13.0 Å². The minimum atomic E-state index is 0.599. The van der Waals surface area contributed by atoms with Gasteiger partial charge in [0.25, 0.3) is 0 Å². The first-order chi connectivity index (χ1) is 9.74. The van der Waals surface area contributed by atoms with Gasteiger partial charge in [0, 0.05) is 7.11 Å². The van der Waals surface area contributed by atoms with Crippen molar-refractivity contribution in [3.05, 3.63) is 18.3 Å². The summed E-state index contributed by atoms with van der Waals surface area (Å²) in [6.45, 7) is 4.39. The van der Waals surface area contributed by atoms with Gasteiger partial charge in [-0.2, -0.15) is 0 Å². The molecule has 20 heavy (non-hydrogen) atoms. The molecule has 0 amide bonds. The highest BCUT2D eigenvalue weighted by Gasteiger charge is 2.04. The van der Waals surface area contributed by atoms with Crippen molar-refractivity contribution in [2.75, 3.05) is 53.4 Å². The van der Waals surface area contributed by atoms with Crippen molar-refractivity contribution >= 4 is 49.9 Å². The molecule has 7 heteroatoms. The van der Waals surface area contributed by atoms with E-state index in [1.54, 1.807) is 18.4 Å². The van der Waals surface area contributed by atoms with Gasteiger partial charge in [0.15, 0.2) is 0 Å². The first kappa shape index (κ1) is 18.8. The first-order valence-corrected chi connectivity index (χ1v) is 9.08. The summed E-state index contributed by atoms with van der Waals surface area (Å²) < 4.78 is 23.6. The van der Waals surface area contributed by atoms with Gasteiger partial charge in [-0.25, -0.2) is 0 Å². The molecule has 0 fully saturated rings. The molecular formula is C13H20BrIO4S. The molecule has 0 aliphatic carbocycles. The maximum atomic E-state index is 5.54. The van der Waals surface area contributed by atoms with Crippen LogP contribution in [0.3, 0.4) is 0 Å². The molecule has 0 unspecified atom stereocenters. The summed E-state index contributed by atoms with van der Waals surface area (Å²) in [7, 11) is 1.66. The average molecular weight is 479 g/mol. The van der Waals surface area contributed by atoms with Gasteiger partial charge in [-0.05, 0) is 56.6 Å². The summed E-state index contributed by atoms with van der Waals surface area (Å²) in [6.07, 6.45) is 0.931. The number of halogens is 2. The Morgan fingerprint density at radius 1 is 1.00 bits per heavy atom. The zero-order chi connectivity index (χ0) is 14.6. The molecule has 0 bridgehead atoms. The van der Waals surface area contributed by atoms with Gasteiger partial charge in [-0.1, -0.05) is 0 Å². The summed E-state index contributed by atoms with van der Waals surface area (Å²) in [5.74, 6) is 0. The zero-order valence-electron chi connectivity index (χ0n) is 11.5. The predicted molar refractivity (Wildman–Crippen MR) is 92.8 cm³/mol. The molecule has 116 valence electrons. The minimum absolute atomic E-state index is 0.599. The Balaban J connectivity index is 1.86. The van der Waals surface area contributed by atoms with Gasteiger partial charge >= 0.3 is 0 Å². The number of ether oxygens (including phenoxy) is 4. The van der Waals surface area contributed by atoms with Crippen LogP contribution in [0.2, 0.25) is 0 Å². The van der Waals surface area contributed by atoms with Crippen LogP contribution < -0.4 is 0 Å². The van der Waals surface area contributed by atoms with Gasteiger partial charge in [0.2, 0.25) is 0 Å². The molecule has 0 aromatic carbocycles. The molecular weight excluding hydrogens is 459 g/mol. The fourth-order valence-electron chi connectivity index (χ4n) is 1.41. The molecule has 0 saturated heterocycles. The van der Waals surface area contributed by atoms with Gasteiger partial charge in [-0.15, -0.1) is 11.3 Å². The highest BCUT2D eigenvalue weighted by Crippen LogP contribution is 2.29. The SMILES string of the molecule is COCCOCCOCCOCCc1cc(I)sc1Br. The standard InChI is InChI=1S/C13H20BrIO4S/c1-16-4-5-18-8-9-19-7-6-17-3-2-11-10-12(15)20-13(11)14/h10H,2-9H2,1H3. The van der Waals surface area contributed by atoms with Crippen LogP contribution in [0, 0.1) is 2.88 Å². The lowest BCUT2D eigenvalue weighted by atomic mass is 10.3. The van der Waals surface area contributed by atoms with Gasteiger partial charge in [0.1, 0.15) is 0 Å². The van der Waals surface area contributed by atoms with Crippen molar-refractivity contribution in [2.45, 2.75) is 6.42 Å². The van der Waals surface area contributed by atoms with E-state index in [1.807, 2.05) is 0 Å². The van der Waals surface area contributed by atoms with E-state index in [0.29, 0.717) is 39.6 Å². The van der Waals surface area contributed by atoms with Crippen molar-refractivity contribution in [2.24, 2.45) is 0 Å². The van der Waals surface area contributed by atoms with E-state index in [2.05, 4.69) is 44.6 Å². The van der Waals surface area contributed by atoms with Crippen molar-refractivity contribution in [1.29, 1.82) is 0 Å². The van der Waals surface area contributed by atoms with E-state index >= 15 is 0 Å². The fourth-order valence-corrected chi connectivity index (χ4v) is 4.86. The molecule has 1 aromatic rings. The van der Waals surface area contributed by atoms with Crippen LogP contribution in [0.15, 0.2) is 9.85 Å². The summed E-state index contributed by atoms with van der Waals surface area (Å²) in [6, 6.07) is 2.19. The van der Waals surface area contributed by atoms with E-state index in [1.165, 1.54) is 12.2 Å². The Bertz CT molecular complexity index is 362. The van der Waals surface area contributed by atoms with Crippen LogP contribution in [0.25, 0.3) is 0 Å². The van der Waals surface area contributed by atoms with Crippen LogP contribution in [0.1, 0.15) is 5.56 Å². The van der Waals surface area contributed by atoms with E-state index in [9.17, 15) is 0 Å².